The molecule has 0 aromatic carbocycles. The molecule has 1 amide bonds. The Morgan fingerprint density at radius 3 is 2.96 bits per heavy atom. The number of aromatic nitrogens is 3. The summed E-state index contributed by atoms with van der Waals surface area (Å²) < 4.78 is 18.2. The van der Waals surface area contributed by atoms with Crippen molar-refractivity contribution in [3.8, 4) is 0 Å². The molecule has 1 aliphatic heterocycles. The molecule has 1 fully saturated rings. The van der Waals surface area contributed by atoms with Crippen LogP contribution in [0.25, 0.3) is 0 Å². The zero-order valence-electron chi connectivity index (χ0n) is 15.1. The number of amides is 1. The Hall–Kier alpha value is -2.19. The van der Waals surface area contributed by atoms with E-state index in [0.29, 0.717) is 37.7 Å². The van der Waals surface area contributed by atoms with Gasteiger partial charge in [-0.3, -0.25) is 9.48 Å². The van der Waals surface area contributed by atoms with Crippen LogP contribution in [-0.2, 0) is 16.0 Å². The highest BCUT2D eigenvalue weighted by Gasteiger charge is 2.36. The molecule has 2 aromatic rings. The van der Waals surface area contributed by atoms with E-state index in [1.165, 1.54) is 0 Å². The zero-order chi connectivity index (χ0) is 18.0. The summed E-state index contributed by atoms with van der Waals surface area (Å²) in [7, 11) is 1.62. The van der Waals surface area contributed by atoms with E-state index in [9.17, 15) is 4.79 Å². The molecule has 3 rings (SSSR count). The summed E-state index contributed by atoms with van der Waals surface area (Å²) in [5.41, 5.74) is 0.930. The number of hydrogen-bond donors (Lipinski definition) is 0. The second kappa shape index (κ2) is 6.97. The Morgan fingerprint density at radius 2 is 2.28 bits per heavy atom. The summed E-state index contributed by atoms with van der Waals surface area (Å²) in [5.74, 6) is 0.427. The van der Waals surface area contributed by atoms with Gasteiger partial charge in [-0.25, -0.2) is 0 Å². The average molecular weight is 348 g/mol. The molecule has 8 nitrogen and oxygen atoms in total. The van der Waals surface area contributed by atoms with Gasteiger partial charge in [0.2, 0.25) is 0 Å². The monoisotopic (exact) mass is 348 g/mol. The predicted molar refractivity (Wildman–Crippen MR) is 89.3 cm³/mol. The van der Waals surface area contributed by atoms with E-state index in [-0.39, 0.29) is 12.0 Å². The number of nitrogens with zero attached hydrogens (tertiary/aromatic N) is 4. The second-order valence-electron chi connectivity index (χ2n) is 7.03. The van der Waals surface area contributed by atoms with E-state index in [1.807, 2.05) is 27.0 Å². The lowest BCUT2D eigenvalue weighted by atomic mass is 10.0. The number of carbonyl (C=O) groups excluding carboxylic acids is 1. The Bertz CT molecular complexity index is 737. The van der Waals surface area contributed by atoms with Crippen molar-refractivity contribution < 1.29 is 18.8 Å². The van der Waals surface area contributed by atoms with Crippen molar-refractivity contribution in [1.29, 1.82) is 0 Å². The summed E-state index contributed by atoms with van der Waals surface area (Å²) >= 11 is 0. The second-order valence-corrected chi connectivity index (χ2v) is 7.03. The Morgan fingerprint density at radius 1 is 1.48 bits per heavy atom. The van der Waals surface area contributed by atoms with E-state index >= 15 is 0 Å². The number of aryl methyl sites for hydroxylation is 1. The van der Waals surface area contributed by atoms with E-state index in [1.54, 1.807) is 29.0 Å². The lowest BCUT2D eigenvalue weighted by molar-refractivity contribution is -0.143. The van der Waals surface area contributed by atoms with Crippen LogP contribution < -0.4 is 0 Å². The standard InChI is InChI=1S/C17H24N4O4/c1-12-6-18-21(7-12)9-13-5-15(19-25-13)16(22)20-8-14(10-23-4)24-17(2,3)11-20/h5-7,14H,8-11H2,1-4H3/t14-/m1/s1. The van der Waals surface area contributed by atoms with Gasteiger partial charge in [-0.05, 0) is 26.3 Å². The largest absolute Gasteiger partial charge is 0.382 e. The van der Waals surface area contributed by atoms with Crippen molar-refractivity contribution in [2.24, 2.45) is 0 Å². The molecule has 3 heterocycles. The number of methoxy groups -OCH3 is 1. The number of morpholine rings is 1. The van der Waals surface area contributed by atoms with Crippen molar-refractivity contribution in [3.63, 3.8) is 0 Å². The van der Waals surface area contributed by atoms with E-state index in [0.717, 1.165) is 5.56 Å². The first-order chi connectivity index (χ1) is 11.9. The van der Waals surface area contributed by atoms with Crippen LogP contribution >= 0.6 is 0 Å². The van der Waals surface area contributed by atoms with Crippen LogP contribution in [0.15, 0.2) is 23.0 Å². The average Bonchev–Trinajstić information content (AvgIpc) is 3.15. The maximum absolute atomic E-state index is 12.8. The molecule has 0 aliphatic carbocycles. The molecule has 2 aromatic heterocycles. The normalized spacial score (nSPS) is 20.0. The van der Waals surface area contributed by atoms with Gasteiger partial charge in [0.15, 0.2) is 11.5 Å². The summed E-state index contributed by atoms with van der Waals surface area (Å²) in [6.45, 7) is 7.73. The van der Waals surface area contributed by atoms with Gasteiger partial charge in [0.05, 0.1) is 24.5 Å². The highest BCUT2D eigenvalue weighted by Crippen LogP contribution is 2.23. The van der Waals surface area contributed by atoms with Crippen molar-refractivity contribution >= 4 is 5.91 Å². The summed E-state index contributed by atoms with van der Waals surface area (Å²) in [6.07, 6.45) is 3.52. The predicted octanol–water partition coefficient (Wildman–Crippen LogP) is 1.49. The molecule has 0 spiro atoms. The van der Waals surface area contributed by atoms with Gasteiger partial charge in [-0.15, -0.1) is 0 Å². The van der Waals surface area contributed by atoms with Crippen LogP contribution in [0.3, 0.4) is 0 Å². The third kappa shape index (κ3) is 4.26. The lowest BCUT2D eigenvalue weighted by Crippen LogP contribution is -2.55. The van der Waals surface area contributed by atoms with Gasteiger partial charge >= 0.3 is 0 Å². The fraction of sp³-hybridized carbons (Fsp3) is 0.588. The molecule has 0 radical (unpaired) electrons. The van der Waals surface area contributed by atoms with Crippen molar-refractivity contribution in [2.75, 3.05) is 26.8 Å². The van der Waals surface area contributed by atoms with Crippen LogP contribution in [0.5, 0.6) is 0 Å². The summed E-state index contributed by atoms with van der Waals surface area (Å²) in [6, 6.07) is 1.67. The minimum absolute atomic E-state index is 0.156. The topological polar surface area (TPSA) is 82.6 Å². The SMILES string of the molecule is COC[C@H]1CN(C(=O)c2cc(Cn3cc(C)cn3)on2)CC(C)(C)O1. The third-order valence-corrected chi connectivity index (χ3v) is 3.98. The zero-order valence-corrected chi connectivity index (χ0v) is 15.1. The van der Waals surface area contributed by atoms with Crippen LogP contribution in [0.4, 0.5) is 0 Å². The highest BCUT2D eigenvalue weighted by atomic mass is 16.5. The van der Waals surface area contributed by atoms with Gasteiger partial charge in [0.25, 0.3) is 5.91 Å². The van der Waals surface area contributed by atoms with Gasteiger partial charge < -0.3 is 18.9 Å². The number of rotatable bonds is 5. The number of ether oxygens (including phenoxy) is 2. The van der Waals surface area contributed by atoms with Crippen molar-refractivity contribution in [2.45, 2.75) is 39.0 Å². The van der Waals surface area contributed by atoms with E-state index in [4.69, 9.17) is 14.0 Å². The molecular weight excluding hydrogens is 324 g/mol. The maximum atomic E-state index is 12.8. The van der Waals surface area contributed by atoms with Crippen LogP contribution in [0.2, 0.25) is 0 Å². The molecule has 0 saturated carbocycles. The molecule has 0 bridgehead atoms. The fourth-order valence-electron chi connectivity index (χ4n) is 3.09. The lowest BCUT2D eigenvalue weighted by Gasteiger charge is -2.42. The Kier molecular flexibility index (Phi) is 4.91. The van der Waals surface area contributed by atoms with Gasteiger partial charge in [0.1, 0.15) is 6.54 Å². The minimum Gasteiger partial charge on any atom is -0.382 e. The van der Waals surface area contributed by atoms with E-state index < -0.39 is 5.60 Å². The van der Waals surface area contributed by atoms with Crippen LogP contribution in [-0.4, -0.2) is 64.3 Å². The van der Waals surface area contributed by atoms with Crippen LogP contribution in [0, 0.1) is 6.92 Å². The van der Waals surface area contributed by atoms with Gasteiger partial charge in [-0.1, -0.05) is 5.16 Å². The highest BCUT2D eigenvalue weighted by molar-refractivity contribution is 5.92. The molecule has 1 aliphatic rings. The third-order valence-electron chi connectivity index (χ3n) is 3.98. The van der Waals surface area contributed by atoms with Gasteiger partial charge in [-0.2, -0.15) is 5.10 Å². The van der Waals surface area contributed by atoms with Crippen molar-refractivity contribution in [3.05, 3.63) is 35.5 Å². The van der Waals surface area contributed by atoms with Crippen LogP contribution in [0.1, 0.15) is 35.7 Å². The molecule has 0 N–H and O–H groups in total. The molecule has 8 heteroatoms. The van der Waals surface area contributed by atoms with E-state index in [2.05, 4.69) is 10.3 Å². The Labute approximate surface area is 146 Å². The minimum atomic E-state index is -0.434. The molecule has 1 saturated heterocycles. The smallest absolute Gasteiger partial charge is 0.276 e. The number of carbonyl (C=O) groups is 1. The first kappa shape index (κ1) is 17.6. The Balaban J connectivity index is 1.69. The molecule has 1 atom stereocenters. The molecular formula is C17H24N4O4. The molecule has 0 unspecified atom stereocenters. The fourth-order valence-corrected chi connectivity index (χ4v) is 3.09. The number of hydrogen-bond acceptors (Lipinski definition) is 6. The maximum Gasteiger partial charge on any atom is 0.276 e. The molecule has 25 heavy (non-hydrogen) atoms. The molecule has 136 valence electrons. The summed E-state index contributed by atoms with van der Waals surface area (Å²) in [4.78, 5) is 14.5. The quantitative estimate of drug-likeness (QED) is 0.814. The first-order valence-corrected chi connectivity index (χ1v) is 8.27. The van der Waals surface area contributed by atoms with Crippen molar-refractivity contribution in [1.82, 2.24) is 19.8 Å². The first-order valence-electron chi connectivity index (χ1n) is 8.27. The van der Waals surface area contributed by atoms with Gasteiger partial charge in [0, 0.05) is 32.5 Å². The summed E-state index contributed by atoms with van der Waals surface area (Å²) in [5, 5.41) is 8.14.